The quantitative estimate of drug-likeness (QED) is 0.771. The van der Waals surface area contributed by atoms with Crippen molar-refractivity contribution in [1.29, 1.82) is 0 Å². The summed E-state index contributed by atoms with van der Waals surface area (Å²) in [5.41, 5.74) is 1.63. The second-order valence-electron chi connectivity index (χ2n) is 5.03. The molecule has 0 N–H and O–H groups in total. The van der Waals surface area contributed by atoms with E-state index in [9.17, 15) is 4.79 Å². The minimum absolute atomic E-state index is 0.0696. The maximum atomic E-state index is 12.4. The van der Waals surface area contributed by atoms with Gasteiger partial charge in [-0.3, -0.25) is 9.48 Å². The second-order valence-corrected chi connectivity index (χ2v) is 5.59. The van der Waals surface area contributed by atoms with Crippen LogP contribution in [0.3, 0.4) is 0 Å². The van der Waals surface area contributed by atoms with Gasteiger partial charge in [-0.15, -0.1) is 11.6 Å². The Morgan fingerprint density at radius 1 is 1.61 bits per heavy atom. The number of carbonyl (C=O) groups excluding carboxylic acids is 1. The molecule has 2 atom stereocenters. The molecule has 1 amide bonds. The third kappa shape index (κ3) is 2.53. The zero-order chi connectivity index (χ0) is 13.3. The first-order chi connectivity index (χ1) is 8.52. The van der Waals surface area contributed by atoms with Gasteiger partial charge < -0.3 is 4.90 Å². The summed E-state index contributed by atoms with van der Waals surface area (Å²) in [6.45, 7) is 5.61. The second kappa shape index (κ2) is 5.31. The topological polar surface area (TPSA) is 38.1 Å². The summed E-state index contributed by atoms with van der Waals surface area (Å²) in [7, 11) is 1.82. The molecule has 1 aromatic heterocycles. The van der Waals surface area contributed by atoms with Crippen molar-refractivity contribution < 1.29 is 4.79 Å². The normalized spacial score (nSPS) is 24.3. The van der Waals surface area contributed by atoms with Crippen LogP contribution < -0.4 is 0 Å². The number of amides is 1. The van der Waals surface area contributed by atoms with Crippen molar-refractivity contribution in [1.82, 2.24) is 14.7 Å². The smallest absolute Gasteiger partial charge is 0.272 e. The molecular weight excluding hydrogens is 250 g/mol. The lowest BCUT2D eigenvalue weighted by Crippen LogP contribution is -2.43. The zero-order valence-corrected chi connectivity index (χ0v) is 11.9. The zero-order valence-electron chi connectivity index (χ0n) is 11.2. The van der Waals surface area contributed by atoms with Crippen molar-refractivity contribution in [3.8, 4) is 0 Å². The number of hydrogen-bond donors (Lipinski definition) is 0. The number of piperidine rings is 1. The van der Waals surface area contributed by atoms with Gasteiger partial charge in [0.2, 0.25) is 0 Å². The van der Waals surface area contributed by atoms with Crippen molar-refractivity contribution >= 4 is 17.5 Å². The molecule has 0 spiro atoms. The Morgan fingerprint density at radius 3 is 2.89 bits per heavy atom. The Kier molecular flexibility index (Phi) is 3.95. The first-order valence-corrected chi connectivity index (χ1v) is 6.92. The molecule has 0 radical (unpaired) electrons. The van der Waals surface area contributed by atoms with E-state index in [-0.39, 0.29) is 11.3 Å². The van der Waals surface area contributed by atoms with Gasteiger partial charge in [0.1, 0.15) is 5.69 Å². The molecular formula is C13H20ClN3O. The molecule has 1 fully saturated rings. The average Bonchev–Trinajstić information content (AvgIpc) is 2.73. The predicted octanol–water partition coefficient (Wildman–Crippen LogP) is 2.07. The van der Waals surface area contributed by atoms with E-state index in [4.69, 9.17) is 11.6 Å². The van der Waals surface area contributed by atoms with Crippen molar-refractivity contribution in [3.05, 3.63) is 17.5 Å². The largest absolute Gasteiger partial charge is 0.337 e. The number of carbonyl (C=O) groups is 1. The molecule has 1 saturated heterocycles. The predicted molar refractivity (Wildman–Crippen MR) is 71.9 cm³/mol. The van der Waals surface area contributed by atoms with Crippen LogP contribution in [-0.2, 0) is 13.5 Å². The van der Waals surface area contributed by atoms with Crippen LogP contribution in [0.15, 0.2) is 6.07 Å². The molecule has 1 aromatic rings. The highest BCUT2D eigenvalue weighted by Crippen LogP contribution is 2.23. The highest BCUT2D eigenvalue weighted by atomic mass is 35.5. The fourth-order valence-electron chi connectivity index (χ4n) is 2.36. The van der Waals surface area contributed by atoms with Crippen LogP contribution in [0.2, 0.25) is 0 Å². The van der Waals surface area contributed by atoms with Gasteiger partial charge in [0.15, 0.2) is 0 Å². The Bertz CT molecular complexity index is 443. The van der Waals surface area contributed by atoms with E-state index in [2.05, 4.69) is 12.0 Å². The molecule has 2 heterocycles. The van der Waals surface area contributed by atoms with E-state index < -0.39 is 0 Å². The molecule has 2 unspecified atom stereocenters. The maximum absolute atomic E-state index is 12.4. The van der Waals surface area contributed by atoms with Crippen molar-refractivity contribution in [3.63, 3.8) is 0 Å². The molecule has 0 bridgehead atoms. The summed E-state index contributed by atoms with van der Waals surface area (Å²) in [6.07, 6.45) is 1.72. The first-order valence-electron chi connectivity index (χ1n) is 6.49. The van der Waals surface area contributed by atoms with Crippen LogP contribution in [0.25, 0.3) is 0 Å². The molecule has 100 valence electrons. The Balaban J connectivity index is 2.13. The first kappa shape index (κ1) is 13.4. The molecule has 1 aliphatic heterocycles. The van der Waals surface area contributed by atoms with Gasteiger partial charge in [0.25, 0.3) is 5.91 Å². The highest BCUT2D eigenvalue weighted by molar-refractivity contribution is 6.20. The minimum Gasteiger partial charge on any atom is -0.337 e. The third-order valence-corrected chi connectivity index (χ3v) is 4.25. The molecule has 5 heteroatoms. The van der Waals surface area contributed by atoms with E-state index in [1.54, 1.807) is 4.68 Å². The Hall–Kier alpha value is -1.03. The van der Waals surface area contributed by atoms with Crippen LogP contribution in [-0.4, -0.2) is 39.1 Å². The number of nitrogens with zero attached hydrogens (tertiary/aromatic N) is 3. The minimum atomic E-state index is 0.0696. The van der Waals surface area contributed by atoms with E-state index in [0.717, 1.165) is 31.6 Å². The molecule has 0 saturated carbocycles. The fraction of sp³-hybridized carbons (Fsp3) is 0.692. The van der Waals surface area contributed by atoms with Crippen LogP contribution in [0.4, 0.5) is 0 Å². The van der Waals surface area contributed by atoms with Crippen LogP contribution in [0, 0.1) is 5.92 Å². The molecule has 0 aromatic carbocycles. The van der Waals surface area contributed by atoms with E-state index in [0.29, 0.717) is 11.6 Å². The average molecular weight is 270 g/mol. The number of alkyl halides is 1. The lowest BCUT2D eigenvalue weighted by atomic mass is 9.99. The summed E-state index contributed by atoms with van der Waals surface area (Å²) in [5.74, 6) is 0.420. The van der Waals surface area contributed by atoms with Crippen molar-refractivity contribution in [2.24, 2.45) is 13.0 Å². The Morgan fingerprint density at radius 2 is 2.33 bits per heavy atom. The SMILES string of the molecule is CCc1cc(C(=O)N2CCC(Cl)C(C)C2)n(C)n1. The summed E-state index contributed by atoms with van der Waals surface area (Å²) in [4.78, 5) is 14.3. The number of hydrogen-bond acceptors (Lipinski definition) is 2. The van der Waals surface area contributed by atoms with Crippen LogP contribution in [0.1, 0.15) is 36.5 Å². The van der Waals surface area contributed by atoms with E-state index in [1.807, 2.05) is 24.9 Å². The summed E-state index contributed by atoms with van der Waals surface area (Å²) in [5, 5.41) is 4.51. The number of likely N-dealkylation sites (tertiary alicyclic amines) is 1. The summed E-state index contributed by atoms with van der Waals surface area (Å²) in [6, 6.07) is 1.89. The number of aryl methyl sites for hydroxylation is 2. The fourth-order valence-corrected chi connectivity index (χ4v) is 2.54. The molecule has 4 nitrogen and oxygen atoms in total. The van der Waals surface area contributed by atoms with Gasteiger partial charge in [0.05, 0.1) is 5.69 Å². The molecule has 0 aliphatic carbocycles. The number of rotatable bonds is 2. The monoisotopic (exact) mass is 269 g/mol. The molecule has 1 aliphatic rings. The summed E-state index contributed by atoms with van der Waals surface area (Å²) < 4.78 is 1.68. The van der Waals surface area contributed by atoms with Gasteiger partial charge >= 0.3 is 0 Å². The van der Waals surface area contributed by atoms with Gasteiger partial charge in [0, 0.05) is 25.5 Å². The van der Waals surface area contributed by atoms with Gasteiger partial charge in [-0.2, -0.15) is 5.10 Å². The van der Waals surface area contributed by atoms with Crippen LogP contribution in [0.5, 0.6) is 0 Å². The highest BCUT2D eigenvalue weighted by Gasteiger charge is 2.29. The number of halogens is 1. The standard InChI is InChI=1S/C13H20ClN3O/c1-4-10-7-12(16(3)15-10)13(18)17-6-5-11(14)9(2)8-17/h7,9,11H,4-6,8H2,1-3H3. The summed E-state index contributed by atoms with van der Waals surface area (Å²) >= 11 is 6.19. The van der Waals surface area contributed by atoms with Gasteiger partial charge in [-0.25, -0.2) is 0 Å². The van der Waals surface area contributed by atoms with Crippen LogP contribution >= 0.6 is 11.6 Å². The Labute approximate surface area is 113 Å². The van der Waals surface area contributed by atoms with Gasteiger partial charge in [-0.05, 0) is 24.8 Å². The third-order valence-electron chi connectivity index (χ3n) is 3.60. The lowest BCUT2D eigenvalue weighted by molar-refractivity contribution is 0.0676. The number of aromatic nitrogens is 2. The lowest BCUT2D eigenvalue weighted by Gasteiger charge is -2.34. The van der Waals surface area contributed by atoms with E-state index in [1.165, 1.54) is 0 Å². The van der Waals surface area contributed by atoms with Gasteiger partial charge in [-0.1, -0.05) is 13.8 Å². The van der Waals surface area contributed by atoms with Crippen molar-refractivity contribution in [2.45, 2.75) is 32.1 Å². The molecule has 2 rings (SSSR count). The maximum Gasteiger partial charge on any atom is 0.272 e. The van der Waals surface area contributed by atoms with Crippen molar-refractivity contribution in [2.75, 3.05) is 13.1 Å². The molecule has 18 heavy (non-hydrogen) atoms. The van der Waals surface area contributed by atoms with E-state index >= 15 is 0 Å².